The van der Waals surface area contributed by atoms with Gasteiger partial charge in [-0.05, 0) is 26.3 Å². The SMILES string of the molecule is CO/C=C1\C[C@@H](C(=O)OC)N(C(=O)OC(C)(C)C)C1. The molecule has 0 aromatic rings. The summed E-state index contributed by atoms with van der Waals surface area (Å²) in [5.74, 6) is -0.453. The molecule has 1 amide bonds. The molecule has 108 valence electrons. The average Bonchev–Trinajstić information content (AvgIpc) is 2.70. The summed E-state index contributed by atoms with van der Waals surface area (Å²) >= 11 is 0. The van der Waals surface area contributed by atoms with Gasteiger partial charge in [-0.2, -0.15) is 0 Å². The van der Waals surface area contributed by atoms with Crippen molar-refractivity contribution in [3.8, 4) is 0 Å². The topological polar surface area (TPSA) is 65.1 Å². The van der Waals surface area contributed by atoms with Gasteiger partial charge in [0, 0.05) is 13.0 Å². The van der Waals surface area contributed by atoms with E-state index < -0.39 is 23.7 Å². The first-order valence-corrected chi connectivity index (χ1v) is 6.06. The second-order valence-corrected chi connectivity index (χ2v) is 5.36. The summed E-state index contributed by atoms with van der Waals surface area (Å²) in [6.45, 7) is 5.64. The first kappa shape index (κ1) is 15.3. The number of rotatable bonds is 2. The number of amides is 1. The standard InChI is InChI=1S/C13H21NO5/c1-13(2,3)19-12(16)14-7-9(8-17-4)6-10(14)11(15)18-5/h8,10H,6-7H2,1-5H3/b9-8+/t10-/m0/s1. The number of ether oxygens (including phenoxy) is 3. The van der Waals surface area contributed by atoms with Crippen LogP contribution in [0.25, 0.3) is 0 Å². The zero-order chi connectivity index (χ0) is 14.6. The Morgan fingerprint density at radius 1 is 1.32 bits per heavy atom. The van der Waals surface area contributed by atoms with Gasteiger partial charge in [0.25, 0.3) is 0 Å². The summed E-state index contributed by atoms with van der Waals surface area (Å²) < 4.78 is 14.9. The minimum atomic E-state index is -0.652. The molecule has 0 bridgehead atoms. The van der Waals surface area contributed by atoms with E-state index in [1.165, 1.54) is 19.1 Å². The number of hydrogen-bond donors (Lipinski definition) is 0. The molecule has 1 aliphatic heterocycles. The highest BCUT2D eigenvalue weighted by Crippen LogP contribution is 2.25. The molecule has 6 heteroatoms. The lowest BCUT2D eigenvalue weighted by Gasteiger charge is -2.27. The predicted molar refractivity (Wildman–Crippen MR) is 68.5 cm³/mol. The number of hydrogen-bond acceptors (Lipinski definition) is 5. The normalized spacial score (nSPS) is 21.4. The lowest BCUT2D eigenvalue weighted by Crippen LogP contribution is -2.43. The van der Waals surface area contributed by atoms with Gasteiger partial charge in [-0.3, -0.25) is 4.90 Å². The second-order valence-electron chi connectivity index (χ2n) is 5.36. The van der Waals surface area contributed by atoms with E-state index in [0.717, 1.165) is 5.57 Å². The summed E-state index contributed by atoms with van der Waals surface area (Å²) in [6.07, 6.45) is 1.42. The highest BCUT2D eigenvalue weighted by Gasteiger charge is 2.39. The Balaban J connectivity index is 2.86. The summed E-state index contributed by atoms with van der Waals surface area (Å²) in [5.41, 5.74) is 0.245. The second kappa shape index (κ2) is 5.95. The van der Waals surface area contributed by atoms with Gasteiger partial charge < -0.3 is 14.2 Å². The number of likely N-dealkylation sites (tertiary alicyclic amines) is 1. The zero-order valence-corrected chi connectivity index (χ0v) is 12.1. The lowest BCUT2D eigenvalue weighted by atomic mass is 10.2. The lowest BCUT2D eigenvalue weighted by molar-refractivity contribution is -0.145. The predicted octanol–water partition coefficient (Wildman–Crippen LogP) is 1.70. The van der Waals surface area contributed by atoms with Gasteiger partial charge >= 0.3 is 12.1 Å². The molecular formula is C13H21NO5. The van der Waals surface area contributed by atoms with Crippen LogP contribution in [0.4, 0.5) is 4.79 Å². The Morgan fingerprint density at radius 2 is 1.95 bits per heavy atom. The zero-order valence-electron chi connectivity index (χ0n) is 12.1. The van der Waals surface area contributed by atoms with Crippen LogP contribution in [0.15, 0.2) is 11.8 Å². The molecule has 0 radical (unpaired) electrons. The molecule has 1 atom stereocenters. The monoisotopic (exact) mass is 271 g/mol. The van der Waals surface area contributed by atoms with Crippen molar-refractivity contribution >= 4 is 12.1 Å². The molecule has 0 aromatic carbocycles. The summed E-state index contributed by atoms with van der Waals surface area (Å²) in [6, 6.07) is -0.652. The molecule has 1 saturated heterocycles. The molecule has 1 fully saturated rings. The fourth-order valence-corrected chi connectivity index (χ4v) is 1.86. The smallest absolute Gasteiger partial charge is 0.411 e. The Bertz CT molecular complexity index is 383. The molecule has 0 unspecified atom stereocenters. The van der Waals surface area contributed by atoms with Crippen molar-refractivity contribution in [2.45, 2.75) is 38.8 Å². The van der Waals surface area contributed by atoms with E-state index in [1.54, 1.807) is 27.0 Å². The van der Waals surface area contributed by atoms with Crippen LogP contribution in [0.5, 0.6) is 0 Å². The fraction of sp³-hybridized carbons (Fsp3) is 0.692. The third kappa shape index (κ3) is 4.15. The maximum absolute atomic E-state index is 12.1. The van der Waals surface area contributed by atoms with Crippen LogP contribution in [-0.4, -0.2) is 49.4 Å². The number of esters is 1. The van der Waals surface area contributed by atoms with Crippen molar-refractivity contribution in [1.29, 1.82) is 0 Å². The molecule has 0 spiro atoms. The minimum Gasteiger partial charge on any atom is -0.504 e. The van der Waals surface area contributed by atoms with Gasteiger partial charge in [-0.15, -0.1) is 0 Å². The van der Waals surface area contributed by atoms with E-state index in [4.69, 9.17) is 14.2 Å². The first-order chi connectivity index (χ1) is 8.78. The molecule has 1 aliphatic rings. The van der Waals surface area contributed by atoms with E-state index in [9.17, 15) is 9.59 Å². The third-order valence-corrected chi connectivity index (χ3v) is 2.59. The first-order valence-electron chi connectivity index (χ1n) is 6.06. The summed E-state index contributed by atoms with van der Waals surface area (Å²) in [7, 11) is 2.82. The van der Waals surface area contributed by atoms with Crippen molar-refractivity contribution < 1.29 is 23.8 Å². The fourth-order valence-electron chi connectivity index (χ4n) is 1.86. The molecule has 0 aromatic heterocycles. The third-order valence-electron chi connectivity index (χ3n) is 2.59. The van der Waals surface area contributed by atoms with E-state index in [1.807, 2.05) is 0 Å². The molecule has 0 N–H and O–H groups in total. The average molecular weight is 271 g/mol. The van der Waals surface area contributed by atoms with Gasteiger partial charge in [0.05, 0.1) is 20.5 Å². The van der Waals surface area contributed by atoms with Crippen molar-refractivity contribution in [3.05, 3.63) is 11.8 Å². The number of nitrogens with zero attached hydrogens (tertiary/aromatic N) is 1. The Kier molecular flexibility index (Phi) is 4.80. The van der Waals surface area contributed by atoms with Crippen LogP contribution in [-0.2, 0) is 19.0 Å². The quantitative estimate of drug-likeness (QED) is 0.565. The highest BCUT2D eigenvalue weighted by atomic mass is 16.6. The van der Waals surface area contributed by atoms with E-state index in [-0.39, 0.29) is 0 Å². The maximum Gasteiger partial charge on any atom is 0.411 e. The van der Waals surface area contributed by atoms with Crippen molar-refractivity contribution in [3.63, 3.8) is 0 Å². The van der Waals surface area contributed by atoms with Crippen LogP contribution in [0, 0.1) is 0 Å². The number of methoxy groups -OCH3 is 2. The molecule has 19 heavy (non-hydrogen) atoms. The molecule has 1 rings (SSSR count). The number of carbonyl (C=O) groups is 2. The minimum absolute atomic E-state index is 0.308. The van der Waals surface area contributed by atoms with E-state index in [2.05, 4.69) is 0 Å². The van der Waals surface area contributed by atoms with Crippen LogP contribution in [0.1, 0.15) is 27.2 Å². The van der Waals surface area contributed by atoms with Gasteiger partial charge in [0.2, 0.25) is 0 Å². The maximum atomic E-state index is 12.1. The molecule has 0 saturated carbocycles. The van der Waals surface area contributed by atoms with Gasteiger partial charge in [0.15, 0.2) is 0 Å². The number of carbonyl (C=O) groups excluding carboxylic acids is 2. The Morgan fingerprint density at radius 3 is 2.42 bits per heavy atom. The van der Waals surface area contributed by atoms with Crippen LogP contribution < -0.4 is 0 Å². The summed E-state index contributed by atoms with van der Waals surface area (Å²) in [5, 5.41) is 0. The van der Waals surface area contributed by atoms with Crippen LogP contribution >= 0.6 is 0 Å². The van der Waals surface area contributed by atoms with E-state index in [0.29, 0.717) is 13.0 Å². The van der Waals surface area contributed by atoms with Crippen LogP contribution in [0.2, 0.25) is 0 Å². The highest BCUT2D eigenvalue weighted by molar-refractivity contribution is 5.83. The molecule has 1 heterocycles. The largest absolute Gasteiger partial charge is 0.504 e. The van der Waals surface area contributed by atoms with Crippen molar-refractivity contribution in [1.82, 2.24) is 4.90 Å². The van der Waals surface area contributed by atoms with Gasteiger partial charge in [-0.25, -0.2) is 9.59 Å². The van der Waals surface area contributed by atoms with Crippen LogP contribution in [0.3, 0.4) is 0 Å². The molecule has 0 aliphatic carbocycles. The van der Waals surface area contributed by atoms with Crippen molar-refractivity contribution in [2.75, 3.05) is 20.8 Å². The Labute approximate surface area is 113 Å². The molecular weight excluding hydrogens is 250 g/mol. The van der Waals surface area contributed by atoms with Gasteiger partial charge in [-0.1, -0.05) is 0 Å². The van der Waals surface area contributed by atoms with Crippen molar-refractivity contribution in [2.24, 2.45) is 0 Å². The van der Waals surface area contributed by atoms with E-state index >= 15 is 0 Å². The molecule has 6 nitrogen and oxygen atoms in total. The Hall–Kier alpha value is -1.72. The van der Waals surface area contributed by atoms with Gasteiger partial charge in [0.1, 0.15) is 11.6 Å². The summed E-state index contributed by atoms with van der Waals surface area (Å²) in [4.78, 5) is 25.1.